The summed E-state index contributed by atoms with van der Waals surface area (Å²) in [6.07, 6.45) is 0.548. The number of nitrogens with one attached hydrogen (secondary N) is 2. The third-order valence-electron chi connectivity index (χ3n) is 3.63. The second-order valence-electron chi connectivity index (χ2n) is 5.61. The van der Waals surface area contributed by atoms with Crippen LogP contribution in [0.5, 0.6) is 0 Å². The highest BCUT2D eigenvalue weighted by Crippen LogP contribution is 2.20. The van der Waals surface area contributed by atoms with Crippen LogP contribution in [0.2, 0.25) is 0 Å². The van der Waals surface area contributed by atoms with Crippen LogP contribution >= 0.6 is 0 Å². The van der Waals surface area contributed by atoms with Crippen molar-refractivity contribution in [3.8, 4) is 0 Å². The van der Waals surface area contributed by atoms with E-state index in [-0.39, 0.29) is 11.7 Å². The van der Waals surface area contributed by atoms with E-state index in [9.17, 15) is 14.4 Å². The fourth-order valence-corrected chi connectivity index (χ4v) is 2.54. The number of hydrogen-bond acceptors (Lipinski definition) is 4. The summed E-state index contributed by atoms with van der Waals surface area (Å²) < 4.78 is 4.72. The Morgan fingerprint density at radius 2 is 1.86 bits per heavy atom. The molecule has 0 aromatic carbocycles. The van der Waals surface area contributed by atoms with E-state index in [0.29, 0.717) is 28.9 Å². The monoisotopic (exact) mass is 308 g/mol. The van der Waals surface area contributed by atoms with Gasteiger partial charge in [0.1, 0.15) is 11.7 Å². The molecule has 0 fully saturated rings. The smallest absolute Gasteiger partial charge is 0.328 e. The molecule has 0 saturated carbocycles. The van der Waals surface area contributed by atoms with Crippen LogP contribution in [-0.2, 0) is 16.0 Å². The number of amides is 1. The number of ether oxygens (including phenoxy) is 1. The predicted molar refractivity (Wildman–Crippen MR) is 83.0 cm³/mol. The Balaban J connectivity index is 3.15. The molecule has 6 heteroatoms. The lowest BCUT2D eigenvalue weighted by molar-refractivity contribution is -0.144. The number of aromatic nitrogens is 1. The molecule has 2 N–H and O–H groups in total. The predicted octanol–water partition coefficient (Wildman–Crippen LogP) is 2.02. The topological polar surface area (TPSA) is 88.3 Å². The van der Waals surface area contributed by atoms with Crippen LogP contribution < -0.4 is 5.32 Å². The Bertz CT molecular complexity index is 587. The molecule has 1 unspecified atom stereocenters. The van der Waals surface area contributed by atoms with Crippen molar-refractivity contribution in [1.29, 1.82) is 0 Å². The first-order valence-corrected chi connectivity index (χ1v) is 7.35. The number of esters is 1. The van der Waals surface area contributed by atoms with Crippen molar-refractivity contribution in [2.45, 2.75) is 47.1 Å². The van der Waals surface area contributed by atoms with Crippen LogP contribution in [0.15, 0.2) is 0 Å². The van der Waals surface area contributed by atoms with Gasteiger partial charge in [0.15, 0.2) is 5.78 Å². The maximum atomic E-state index is 12.5. The van der Waals surface area contributed by atoms with Gasteiger partial charge in [-0.1, -0.05) is 20.8 Å². The molecular weight excluding hydrogens is 284 g/mol. The number of methoxy groups -OCH3 is 1. The van der Waals surface area contributed by atoms with Crippen LogP contribution in [0.4, 0.5) is 0 Å². The van der Waals surface area contributed by atoms with Crippen LogP contribution in [-0.4, -0.2) is 35.8 Å². The average Bonchev–Trinajstić information content (AvgIpc) is 2.80. The second-order valence-corrected chi connectivity index (χ2v) is 5.61. The van der Waals surface area contributed by atoms with Crippen molar-refractivity contribution >= 4 is 17.7 Å². The summed E-state index contributed by atoms with van der Waals surface area (Å²) >= 11 is 0. The summed E-state index contributed by atoms with van der Waals surface area (Å²) in [4.78, 5) is 38.9. The van der Waals surface area contributed by atoms with Crippen molar-refractivity contribution in [2.24, 2.45) is 5.92 Å². The van der Waals surface area contributed by atoms with Gasteiger partial charge in [0, 0.05) is 11.3 Å². The molecule has 0 aliphatic heterocycles. The number of aryl methyl sites for hydroxylation is 1. The second kappa shape index (κ2) is 7.24. The molecule has 0 spiro atoms. The number of rotatable bonds is 6. The number of hydrogen-bond donors (Lipinski definition) is 2. The lowest BCUT2D eigenvalue weighted by Crippen LogP contribution is -2.45. The minimum Gasteiger partial charge on any atom is -0.467 e. The quantitative estimate of drug-likeness (QED) is 0.621. The summed E-state index contributed by atoms with van der Waals surface area (Å²) in [6.45, 7) is 8.76. The van der Waals surface area contributed by atoms with E-state index in [1.54, 1.807) is 6.92 Å². The van der Waals surface area contributed by atoms with E-state index < -0.39 is 17.9 Å². The average molecular weight is 308 g/mol. The first-order valence-electron chi connectivity index (χ1n) is 7.35. The molecule has 1 amide bonds. The largest absolute Gasteiger partial charge is 0.467 e. The zero-order valence-corrected chi connectivity index (χ0v) is 14.0. The molecule has 1 rings (SSSR count). The van der Waals surface area contributed by atoms with Gasteiger partial charge in [-0.3, -0.25) is 9.59 Å². The van der Waals surface area contributed by atoms with Gasteiger partial charge in [-0.05, 0) is 31.7 Å². The number of Topliss-reactive ketones (excluding diaryl/α,β-unsaturated/α-hetero) is 1. The van der Waals surface area contributed by atoms with E-state index in [1.807, 2.05) is 20.8 Å². The fourth-order valence-electron chi connectivity index (χ4n) is 2.54. The van der Waals surface area contributed by atoms with Gasteiger partial charge in [0.2, 0.25) is 0 Å². The third kappa shape index (κ3) is 3.55. The summed E-state index contributed by atoms with van der Waals surface area (Å²) in [7, 11) is 1.29. The molecule has 1 aromatic rings. The van der Waals surface area contributed by atoms with Crippen molar-refractivity contribution < 1.29 is 19.1 Å². The Morgan fingerprint density at radius 3 is 2.27 bits per heavy atom. The Hall–Kier alpha value is -2.11. The molecule has 22 heavy (non-hydrogen) atoms. The molecule has 1 atom stereocenters. The summed E-state index contributed by atoms with van der Waals surface area (Å²) in [6, 6.07) is -0.730. The van der Waals surface area contributed by atoms with E-state index in [1.165, 1.54) is 14.0 Å². The number of aromatic amines is 1. The molecule has 0 aliphatic carbocycles. The fraction of sp³-hybridized carbons (Fsp3) is 0.562. The van der Waals surface area contributed by atoms with Crippen LogP contribution in [0.1, 0.15) is 59.8 Å². The first-order chi connectivity index (χ1) is 10.2. The molecular formula is C16H24N2O4. The standard InChI is InChI=1S/C16H24N2O4/c1-7-11-12(10(5)19)9(4)17-14(11)15(20)18-13(8(2)3)16(21)22-6/h8,13,17H,7H2,1-6H3,(H,18,20). The van der Waals surface area contributed by atoms with E-state index in [0.717, 1.165) is 0 Å². The molecule has 122 valence electrons. The van der Waals surface area contributed by atoms with Crippen LogP contribution in [0.3, 0.4) is 0 Å². The van der Waals surface area contributed by atoms with Gasteiger partial charge in [-0.15, -0.1) is 0 Å². The molecule has 0 radical (unpaired) electrons. The normalized spacial score (nSPS) is 12.1. The molecule has 6 nitrogen and oxygen atoms in total. The third-order valence-corrected chi connectivity index (χ3v) is 3.63. The Kier molecular flexibility index (Phi) is 5.91. The molecule has 0 bridgehead atoms. The summed E-state index contributed by atoms with van der Waals surface area (Å²) in [5.41, 5.74) is 2.22. The Morgan fingerprint density at radius 1 is 1.27 bits per heavy atom. The van der Waals surface area contributed by atoms with Crippen molar-refractivity contribution in [1.82, 2.24) is 10.3 Å². The maximum absolute atomic E-state index is 12.5. The van der Waals surface area contributed by atoms with Crippen molar-refractivity contribution in [2.75, 3.05) is 7.11 Å². The number of ketones is 1. The van der Waals surface area contributed by atoms with Gasteiger partial charge in [-0.2, -0.15) is 0 Å². The summed E-state index contributed by atoms with van der Waals surface area (Å²) in [5.74, 6) is -1.09. The van der Waals surface area contributed by atoms with Crippen LogP contribution in [0, 0.1) is 12.8 Å². The first kappa shape index (κ1) is 17.9. The SMILES string of the molecule is CCc1c(C(=O)NC(C(=O)OC)C(C)C)[nH]c(C)c1C(C)=O. The highest BCUT2D eigenvalue weighted by atomic mass is 16.5. The van der Waals surface area contributed by atoms with Gasteiger partial charge < -0.3 is 15.0 Å². The van der Waals surface area contributed by atoms with Gasteiger partial charge >= 0.3 is 5.97 Å². The zero-order valence-electron chi connectivity index (χ0n) is 14.0. The van der Waals surface area contributed by atoms with E-state index >= 15 is 0 Å². The Labute approximate surface area is 130 Å². The lowest BCUT2D eigenvalue weighted by Gasteiger charge is -2.19. The number of carbonyl (C=O) groups is 3. The highest BCUT2D eigenvalue weighted by molar-refractivity contribution is 6.03. The number of H-pyrrole nitrogens is 1. The maximum Gasteiger partial charge on any atom is 0.328 e. The van der Waals surface area contributed by atoms with E-state index in [4.69, 9.17) is 4.74 Å². The van der Waals surface area contributed by atoms with Crippen LogP contribution in [0.25, 0.3) is 0 Å². The number of carbonyl (C=O) groups excluding carboxylic acids is 3. The van der Waals surface area contributed by atoms with Gasteiger partial charge in [-0.25, -0.2) is 4.79 Å². The zero-order chi connectivity index (χ0) is 17.0. The molecule has 1 aromatic heterocycles. The van der Waals surface area contributed by atoms with Gasteiger partial charge in [0.05, 0.1) is 7.11 Å². The highest BCUT2D eigenvalue weighted by Gasteiger charge is 2.28. The molecule has 0 aliphatic rings. The van der Waals surface area contributed by atoms with Crippen molar-refractivity contribution in [3.05, 3.63) is 22.5 Å². The minimum atomic E-state index is -0.730. The summed E-state index contributed by atoms with van der Waals surface area (Å²) in [5, 5.41) is 2.68. The molecule has 1 heterocycles. The lowest BCUT2D eigenvalue weighted by atomic mass is 10.0. The molecule has 0 saturated heterocycles. The van der Waals surface area contributed by atoms with E-state index in [2.05, 4.69) is 10.3 Å². The van der Waals surface area contributed by atoms with Crippen molar-refractivity contribution in [3.63, 3.8) is 0 Å². The van der Waals surface area contributed by atoms with Gasteiger partial charge in [0.25, 0.3) is 5.91 Å². The minimum absolute atomic E-state index is 0.0852.